The van der Waals surface area contributed by atoms with E-state index in [2.05, 4.69) is 15.8 Å². The Morgan fingerprint density at radius 2 is 2.00 bits per heavy atom. The second kappa shape index (κ2) is 7.64. The van der Waals surface area contributed by atoms with E-state index in [9.17, 15) is 9.90 Å². The maximum Gasteiger partial charge on any atom is 0.339 e. The number of ether oxygens (including phenoxy) is 1. The van der Waals surface area contributed by atoms with Crippen molar-refractivity contribution in [2.45, 2.75) is 0 Å². The number of amides is 2. The van der Waals surface area contributed by atoms with Gasteiger partial charge in [-0.15, -0.1) is 0 Å². The van der Waals surface area contributed by atoms with Crippen LogP contribution in [0, 0.1) is 3.57 Å². The molecule has 0 unspecified atom stereocenters. The molecular formula is C15H14IN3O3. The standard InChI is InChI=1S/C15H14IN3O3/c1-22-12-5-3-11(4-6-12)18-15(21)19-17-9-10-2-7-14(20)13(16)8-10/h2-9,20H,1H3,(H2,18,19,21)/b17-9+. The zero-order valence-corrected chi connectivity index (χ0v) is 13.9. The second-order valence-electron chi connectivity index (χ2n) is 4.26. The summed E-state index contributed by atoms with van der Waals surface area (Å²) in [7, 11) is 1.58. The Morgan fingerprint density at radius 3 is 2.64 bits per heavy atom. The Hall–Kier alpha value is -2.29. The molecule has 0 aliphatic heterocycles. The molecule has 0 bridgehead atoms. The Morgan fingerprint density at radius 1 is 1.27 bits per heavy atom. The number of hydrazone groups is 1. The molecule has 2 amide bonds. The lowest BCUT2D eigenvalue weighted by molar-refractivity contribution is 0.252. The minimum Gasteiger partial charge on any atom is -0.507 e. The largest absolute Gasteiger partial charge is 0.507 e. The Kier molecular flexibility index (Phi) is 5.59. The summed E-state index contributed by atoms with van der Waals surface area (Å²) in [4.78, 5) is 11.7. The number of anilines is 1. The van der Waals surface area contributed by atoms with Crippen molar-refractivity contribution in [3.63, 3.8) is 0 Å². The van der Waals surface area contributed by atoms with E-state index in [4.69, 9.17) is 4.74 Å². The summed E-state index contributed by atoms with van der Waals surface area (Å²) in [5, 5.41) is 15.9. The van der Waals surface area contributed by atoms with Gasteiger partial charge in [0.1, 0.15) is 11.5 Å². The number of aromatic hydroxyl groups is 1. The molecule has 0 heterocycles. The summed E-state index contributed by atoms with van der Waals surface area (Å²) in [5.41, 5.74) is 3.77. The second-order valence-corrected chi connectivity index (χ2v) is 5.43. The van der Waals surface area contributed by atoms with Gasteiger partial charge in [0.25, 0.3) is 0 Å². The van der Waals surface area contributed by atoms with Gasteiger partial charge >= 0.3 is 6.03 Å². The molecule has 0 spiro atoms. The fourth-order valence-corrected chi connectivity index (χ4v) is 2.14. The number of benzene rings is 2. The quantitative estimate of drug-likeness (QED) is 0.411. The van der Waals surface area contributed by atoms with Gasteiger partial charge in [-0.1, -0.05) is 0 Å². The summed E-state index contributed by atoms with van der Waals surface area (Å²) < 4.78 is 5.75. The highest BCUT2D eigenvalue weighted by Crippen LogP contribution is 2.19. The smallest absolute Gasteiger partial charge is 0.339 e. The van der Waals surface area contributed by atoms with Crippen molar-refractivity contribution in [3.8, 4) is 11.5 Å². The maximum atomic E-state index is 11.7. The maximum absolute atomic E-state index is 11.7. The highest BCUT2D eigenvalue weighted by molar-refractivity contribution is 14.1. The molecule has 6 nitrogen and oxygen atoms in total. The van der Waals surface area contributed by atoms with Crippen LogP contribution in [-0.4, -0.2) is 24.5 Å². The van der Waals surface area contributed by atoms with Gasteiger partial charge in [-0.3, -0.25) is 0 Å². The van der Waals surface area contributed by atoms with Crippen molar-refractivity contribution in [2.24, 2.45) is 5.10 Å². The van der Waals surface area contributed by atoms with Gasteiger partial charge in [0.15, 0.2) is 0 Å². The van der Waals surface area contributed by atoms with Crippen molar-refractivity contribution in [3.05, 3.63) is 51.6 Å². The number of nitrogens with zero attached hydrogens (tertiary/aromatic N) is 1. The molecule has 2 aromatic rings. The molecule has 0 aromatic heterocycles. The predicted molar refractivity (Wildman–Crippen MR) is 93.6 cm³/mol. The zero-order valence-electron chi connectivity index (χ0n) is 11.7. The molecule has 0 fully saturated rings. The molecule has 3 N–H and O–H groups in total. The predicted octanol–water partition coefficient (Wildman–Crippen LogP) is 3.16. The van der Waals surface area contributed by atoms with Crippen molar-refractivity contribution in [1.29, 1.82) is 0 Å². The molecule has 114 valence electrons. The average molecular weight is 411 g/mol. The Bertz CT molecular complexity index is 687. The minimum absolute atomic E-state index is 0.211. The summed E-state index contributed by atoms with van der Waals surface area (Å²) >= 11 is 2.01. The first-order valence-electron chi connectivity index (χ1n) is 6.31. The van der Waals surface area contributed by atoms with Crippen molar-refractivity contribution < 1.29 is 14.6 Å². The molecule has 0 aliphatic rings. The molecule has 2 rings (SSSR count). The van der Waals surface area contributed by atoms with E-state index in [1.807, 2.05) is 22.6 Å². The molecule has 0 radical (unpaired) electrons. The van der Waals surface area contributed by atoms with Crippen LogP contribution in [0.5, 0.6) is 11.5 Å². The molecule has 0 atom stereocenters. The molecule has 0 saturated heterocycles. The van der Waals surface area contributed by atoms with Gasteiger partial charge in [0, 0.05) is 5.69 Å². The average Bonchev–Trinajstić information content (AvgIpc) is 2.51. The number of hydrogen-bond donors (Lipinski definition) is 3. The van der Waals surface area contributed by atoms with Gasteiger partial charge in [-0.05, 0) is 70.6 Å². The van der Waals surface area contributed by atoms with Crippen LogP contribution in [0.25, 0.3) is 0 Å². The van der Waals surface area contributed by atoms with Gasteiger partial charge in [-0.25, -0.2) is 10.2 Å². The molecule has 0 saturated carbocycles. The van der Waals surface area contributed by atoms with Crippen LogP contribution in [0.1, 0.15) is 5.56 Å². The lowest BCUT2D eigenvalue weighted by Crippen LogP contribution is -2.24. The number of phenolic OH excluding ortho intramolecular Hbond substituents is 1. The minimum atomic E-state index is -0.449. The summed E-state index contributed by atoms with van der Waals surface area (Å²) in [5.74, 6) is 0.925. The third kappa shape index (κ3) is 4.62. The normalized spacial score (nSPS) is 10.5. The lowest BCUT2D eigenvalue weighted by atomic mass is 10.2. The first-order valence-corrected chi connectivity index (χ1v) is 7.39. The Labute approximate surface area is 141 Å². The highest BCUT2D eigenvalue weighted by Gasteiger charge is 2.01. The summed E-state index contributed by atoms with van der Waals surface area (Å²) in [6.45, 7) is 0. The zero-order chi connectivity index (χ0) is 15.9. The van der Waals surface area contributed by atoms with E-state index in [-0.39, 0.29) is 5.75 Å². The topological polar surface area (TPSA) is 83.0 Å². The van der Waals surface area contributed by atoms with E-state index in [1.165, 1.54) is 6.21 Å². The number of nitrogens with one attached hydrogen (secondary N) is 2. The highest BCUT2D eigenvalue weighted by atomic mass is 127. The van der Waals surface area contributed by atoms with E-state index >= 15 is 0 Å². The van der Waals surface area contributed by atoms with Crippen LogP contribution >= 0.6 is 22.6 Å². The van der Waals surface area contributed by atoms with E-state index in [0.717, 1.165) is 5.56 Å². The fraction of sp³-hybridized carbons (Fsp3) is 0.0667. The molecular weight excluding hydrogens is 397 g/mol. The van der Waals surface area contributed by atoms with E-state index in [1.54, 1.807) is 49.6 Å². The van der Waals surface area contributed by atoms with Crippen LogP contribution in [0.4, 0.5) is 10.5 Å². The number of phenols is 1. The van der Waals surface area contributed by atoms with E-state index in [0.29, 0.717) is 15.0 Å². The van der Waals surface area contributed by atoms with Crippen LogP contribution < -0.4 is 15.5 Å². The number of urea groups is 1. The van der Waals surface area contributed by atoms with Crippen LogP contribution in [0.15, 0.2) is 47.6 Å². The molecule has 7 heteroatoms. The SMILES string of the molecule is COc1ccc(NC(=O)N/N=C/c2ccc(O)c(I)c2)cc1. The van der Waals surface area contributed by atoms with Gasteiger partial charge in [0.2, 0.25) is 0 Å². The molecule has 2 aromatic carbocycles. The summed E-state index contributed by atoms with van der Waals surface area (Å²) in [6, 6.07) is 11.5. The summed E-state index contributed by atoms with van der Waals surface area (Å²) in [6.07, 6.45) is 1.50. The number of carbonyl (C=O) groups is 1. The third-order valence-corrected chi connectivity index (χ3v) is 3.56. The number of methoxy groups -OCH3 is 1. The first kappa shape index (κ1) is 16.1. The number of rotatable bonds is 4. The molecule has 0 aliphatic carbocycles. The van der Waals surface area contributed by atoms with Crippen molar-refractivity contribution in [1.82, 2.24) is 5.43 Å². The van der Waals surface area contributed by atoms with Crippen molar-refractivity contribution in [2.75, 3.05) is 12.4 Å². The third-order valence-electron chi connectivity index (χ3n) is 2.70. The lowest BCUT2D eigenvalue weighted by Gasteiger charge is -2.05. The van der Waals surface area contributed by atoms with Gasteiger partial charge in [0.05, 0.1) is 16.9 Å². The van der Waals surface area contributed by atoms with Gasteiger partial charge in [-0.2, -0.15) is 5.10 Å². The Balaban J connectivity index is 1.88. The monoisotopic (exact) mass is 411 g/mol. The first-order chi connectivity index (χ1) is 10.6. The number of carbonyl (C=O) groups excluding carboxylic acids is 1. The van der Waals surface area contributed by atoms with E-state index < -0.39 is 6.03 Å². The van der Waals surface area contributed by atoms with Gasteiger partial charge < -0.3 is 15.2 Å². The van der Waals surface area contributed by atoms with Crippen LogP contribution in [0.2, 0.25) is 0 Å². The fourth-order valence-electron chi connectivity index (χ4n) is 1.60. The molecule has 22 heavy (non-hydrogen) atoms. The van der Waals surface area contributed by atoms with Crippen LogP contribution in [-0.2, 0) is 0 Å². The number of halogens is 1. The van der Waals surface area contributed by atoms with Crippen molar-refractivity contribution >= 4 is 40.5 Å². The van der Waals surface area contributed by atoms with Crippen LogP contribution in [0.3, 0.4) is 0 Å². The number of hydrogen-bond acceptors (Lipinski definition) is 4.